The van der Waals surface area contributed by atoms with Crippen LogP contribution in [0.3, 0.4) is 0 Å². The van der Waals surface area contributed by atoms with Gasteiger partial charge in [-0.25, -0.2) is 12.7 Å². The number of nitrogens with zero attached hydrogens (tertiary/aromatic N) is 2. The first-order chi connectivity index (χ1) is 7.90. The Balaban J connectivity index is 2.49. The van der Waals surface area contributed by atoms with E-state index in [0.29, 0.717) is 13.1 Å². The molecule has 0 aliphatic carbocycles. The van der Waals surface area contributed by atoms with Crippen LogP contribution in [0.25, 0.3) is 0 Å². The summed E-state index contributed by atoms with van der Waals surface area (Å²) < 4.78 is 23.8. The molecule has 0 unspecified atom stereocenters. The fourth-order valence-electron chi connectivity index (χ4n) is 2.00. The molecule has 17 heavy (non-hydrogen) atoms. The average Bonchev–Trinajstić information content (AvgIpc) is 2.12. The molecule has 100 valence electrons. The fraction of sp³-hybridized carbons (Fsp3) is 0.909. The monoisotopic (exact) mass is 262 g/mol. The molecule has 1 aliphatic heterocycles. The van der Waals surface area contributed by atoms with Crippen molar-refractivity contribution in [2.45, 2.75) is 26.7 Å². The molecule has 0 saturated carbocycles. The van der Waals surface area contributed by atoms with E-state index in [1.807, 2.05) is 18.7 Å². The average molecular weight is 262 g/mol. The number of sulfonamides is 1. The van der Waals surface area contributed by atoms with Crippen LogP contribution in [0.4, 0.5) is 0 Å². The van der Waals surface area contributed by atoms with E-state index in [4.69, 9.17) is 0 Å². The Morgan fingerprint density at radius 3 is 2.06 bits per heavy atom. The van der Waals surface area contributed by atoms with Gasteiger partial charge in [0.2, 0.25) is 15.9 Å². The highest BCUT2D eigenvalue weighted by Crippen LogP contribution is 2.21. The highest BCUT2D eigenvalue weighted by molar-refractivity contribution is 7.88. The normalized spacial score (nSPS) is 17.8. The molecule has 5 nitrogen and oxygen atoms in total. The Kier molecular flexibility index (Phi) is 4.94. The minimum Gasteiger partial charge on any atom is -0.342 e. The van der Waals surface area contributed by atoms with Gasteiger partial charge in [-0.05, 0) is 12.8 Å². The van der Waals surface area contributed by atoms with Crippen LogP contribution >= 0.6 is 0 Å². The number of carbonyl (C=O) groups is 1. The SMILES string of the molecule is CCCN(CCC)C(=O)C1CN(S(C)(=O)=O)C1. The fourth-order valence-corrected chi connectivity index (χ4v) is 2.90. The summed E-state index contributed by atoms with van der Waals surface area (Å²) in [6, 6.07) is 0. The first-order valence-corrected chi connectivity index (χ1v) is 7.98. The van der Waals surface area contributed by atoms with Crippen LogP contribution in [-0.4, -0.2) is 56.0 Å². The number of hydrogen-bond acceptors (Lipinski definition) is 3. The van der Waals surface area contributed by atoms with E-state index in [9.17, 15) is 13.2 Å². The Bertz CT molecular complexity index is 355. The van der Waals surface area contributed by atoms with Crippen LogP contribution in [0, 0.1) is 5.92 Å². The van der Waals surface area contributed by atoms with Crippen LogP contribution in [0.2, 0.25) is 0 Å². The van der Waals surface area contributed by atoms with Gasteiger partial charge >= 0.3 is 0 Å². The highest BCUT2D eigenvalue weighted by Gasteiger charge is 2.39. The lowest BCUT2D eigenvalue weighted by molar-refractivity contribution is -0.139. The Morgan fingerprint density at radius 2 is 1.71 bits per heavy atom. The van der Waals surface area contributed by atoms with Gasteiger partial charge in [0.15, 0.2) is 0 Å². The van der Waals surface area contributed by atoms with Crippen molar-refractivity contribution < 1.29 is 13.2 Å². The second kappa shape index (κ2) is 5.82. The van der Waals surface area contributed by atoms with E-state index < -0.39 is 10.0 Å². The van der Waals surface area contributed by atoms with Gasteiger partial charge < -0.3 is 4.90 Å². The summed E-state index contributed by atoms with van der Waals surface area (Å²) in [6.07, 6.45) is 3.06. The summed E-state index contributed by atoms with van der Waals surface area (Å²) in [5.41, 5.74) is 0. The molecule has 0 radical (unpaired) electrons. The predicted molar refractivity (Wildman–Crippen MR) is 67.1 cm³/mol. The topological polar surface area (TPSA) is 57.7 Å². The standard InChI is InChI=1S/C11H22N2O3S/c1-4-6-12(7-5-2)11(14)10-8-13(9-10)17(3,15)16/h10H,4-9H2,1-3H3. The maximum Gasteiger partial charge on any atom is 0.228 e. The first-order valence-electron chi connectivity index (χ1n) is 6.14. The molecule has 1 amide bonds. The summed E-state index contributed by atoms with van der Waals surface area (Å²) in [5, 5.41) is 0. The van der Waals surface area contributed by atoms with Gasteiger partial charge in [0.05, 0.1) is 12.2 Å². The van der Waals surface area contributed by atoms with E-state index in [-0.39, 0.29) is 11.8 Å². The smallest absolute Gasteiger partial charge is 0.228 e. The summed E-state index contributed by atoms with van der Waals surface area (Å²) >= 11 is 0. The quantitative estimate of drug-likeness (QED) is 0.701. The molecule has 1 heterocycles. The van der Waals surface area contributed by atoms with Gasteiger partial charge in [0.1, 0.15) is 0 Å². The molecule has 0 aromatic heterocycles. The zero-order valence-electron chi connectivity index (χ0n) is 10.8. The van der Waals surface area contributed by atoms with Crippen molar-refractivity contribution in [2.24, 2.45) is 5.92 Å². The summed E-state index contributed by atoms with van der Waals surface area (Å²) in [6.45, 7) is 6.31. The predicted octanol–water partition coefficient (Wildman–Crippen LogP) is 0.526. The Morgan fingerprint density at radius 1 is 1.24 bits per heavy atom. The van der Waals surface area contributed by atoms with Gasteiger partial charge in [-0.1, -0.05) is 13.8 Å². The molecule has 6 heteroatoms. The largest absolute Gasteiger partial charge is 0.342 e. The molecule has 1 rings (SSSR count). The van der Waals surface area contributed by atoms with Crippen LogP contribution in [-0.2, 0) is 14.8 Å². The molecule has 0 bridgehead atoms. The van der Waals surface area contributed by atoms with Crippen molar-refractivity contribution in [3.63, 3.8) is 0 Å². The lowest BCUT2D eigenvalue weighted by Crippen LogP contribution is -2.56. The van der Waals surface area contributed by atoms with Crippen LogP contribution in [0.15, 0.2) is 0 Å². The van der Waals surface area contributed by atoms with E-state index in [0.717, 1.165) is 25.9 Å². The minimum atomic E-state index is -3.12. The van der Waals surface area contributed by atoms with Crippen LogP contribution in [0.5, 0.6) is 0 Å². The van der Waals surface area contributed by atoms with Gasteiger partial charge in [0, 0.05) is 26.2 Å². The van der Waals surface area contributed by atoms with Gasteiger partial charge in [-0.15, -0.1) is 0 Å². The van der Waals surface area contributed by atoms with Crippen LogP contribution < -0.4 is 0 Å². The van der Waals surface area contributed by atoms with Crippen molar-refractivity contribution in [2.75, 3.05) is 32.4 Å². The van der Waals surface area contributed by atoms with E-state index in [1.54, 1.807) is 0 Å². The number of carbonyl (C=O) groups excluding carboxylic acids is 1. The van der Waals surface area contributed by atoms with Crippen molar-refractivity contribution in [3.05, 3.63) is 0 Å². The second-order valence-corrected chi connectivity index (χ2v) is 6.58. The third kappa shape index (κ3) is 3.67. The Hall–Kier alpha value is -0.620. The molecule has 0 aromatic carbocycles. The molecule has 0 spiro atoms. The summed E-state index contributed by atoms with van der Waals surface area (Å²) in [4.78, 5) is 13.9. The van der Waals surface area contributed by atoms with Crippen molar-refractivity contribution >= 4 is 15.9 Å². The van der Waals surface area contributed by atoms with Crippen LogP contribution in [0.1, 0.15) is 26.7 Å². The summed E-state index contributed by atoms with van der Waals surface area (Å²) in [5.74, 6) is -0.0311. The highest BCUT2D eigenvalue weighted by atomic mass is 32.2. The number of amides is 1. The van der Waals surface area contributed by atoms with Crippen molar-refractivity contribution in [3.8, 4) is 0 Å². The molecule has 0 N–H and O–H groups in total. The second-order valence-electron chi connectivity index (χ2n) is 4.60. The number of rotatable bonds is 6. The maximum absolute atomic E-state index is 12.1. The minimum absolute atomic E-state index is 0.105. The van der Waals surface area contributed by atoms with Crippen molar-refractivity contribution in [1.82, 2.24) is 9.21 Å². The lowest BCUT2D eigenvalue weighted by Gasteiger charge is -2.38. The molecule has 0 aromatic rings. The molecule has 1 fully saturated rings. The molecule has 1 saturated heterocycles. The zero-order valence-corrected chi connectivity index (χ0v) is 11.7. The van der Waals surface area contributed by atoms with E-state index in [1.165, 1.54) is 10.6 Å². The lowest BCUT2D eigenvalue weighted by atomic mass is 10.0. The van der Waals surface area contributed by atoms with E-state index >= 15 is 0 Å². The van der Waals surface area contributed by atoms with Gasteiger partial charge in [0.25, 0.3) is 0 Å². The third-order valence-corrected chi connectivity index (χ3v) is 4.20. The van der Waals surface area contributed by atoms with E-state index in [2.05, 4.69) is 0 Å². The zero-order chi connectivity index (χ0) is 13.1. The molecular weight excluding hydrogens is 240 g/mol. The Labute approximate surface area is 104 Å². The van der Waals surface area contributed by atoms with Crippen molar-refractivity contribution in [1.29, 1.82) is 0 Å². The molecule has 1 aliphatic rings. The number of hydrogen-bond donors (Lipinski definition) is 0. The molecular formula is C11H22N2O3S. The molecule has 0 atom stereocenters. The first kappa shape index (κ1) is 14.4. The van der Waals surface area contributed by atoms with Gasteiger partial charge in [-0.2, -0.15) is 0 Å². The maximum atomic E-state index is 12.1. The van der Waals surface area contributed by atoms with Gasteiger partial charge in [-0.3, -0.25) is 4.79 Å². The third-order valence-electron chi connectivity index (χ3n) is 2.97. The summed E-state index contributed by atoms with van der Waals surface area (Å²) in [7, 11) is -3.12.